The summed E-state index contributed by atoms with van der Waals surface area (Å²) in [6, 6.07) is 7.18. The molecule has 0 saturated heterocycles. The third-order valence-corrected chi connectivity index (χ3v) is 3.63. The summed E-state index contributed by atoms with van der Waals surface area (Å²) in [7, 11) is 0. The molecular weight excluding hydrogens is 332 g/mol. The summed E-state index contributed by atoms with van der Waals surface area (Å²) in [6.07, 6.45) is 1.99. The fourth-order valence-corrected chi connectivity index (χ4v) is 2.43. The lowest BCUT2D eigenvalue weighted by molar-refractivity contribution is -0.122. The van der Waals surface area contributed by atoms with Gasteiger partial charge in [-0.15, -0.1) is 5.10 Å². The van der Waals surface area contributed by atoms with Gasteiger partial charge in [0.1, 0.15) is 6.54 Å². The van der Waals surface area contributed by atoms with Crippen LogP contribution in [0.2, 0.25) is 5.02 Å². The fraction of sp³-hybridized carbons (Fsp3) is 0.375. The van der Waals surface area contributed by atoms with Crippen molar-refractivity contribution in [3.8, 4) is 0 Å². The van der Waals surface area contributed by atoms with Crippen molar-refractivity contribution < 1.29 is 14.7 Å². The maximum atomic E-state index is 12.3. The first-order chi connectivity index (χ1) is 11.3. The van der Waals surface area contributed by atoms with Gasteiger partial charge in [0.25, 0.3) is 0 Å². The summed E-state index contributed by atoms with van der Waals surface area (Å²) in [5, 5.41) is 19.5. The molecule has 0 bridgehead atoms. The third kappa shape index (κ3) is 5.06. The van der Waals surface area contributed by atoms with Gasteiger partial charge in [-0.2, -0.15) is 0 Å². The number of carbonyl (C=O) groups is 2. The number of amides is 1. The Kier molecular flexibility index (Phi) is 5.92. The zero-order valence-electron chi connectivity index (χ0n) is 13.4. The molecule has 2 aromatic rings. The number of nitrogens with zero attached hydrogens (tertiary/aromatic N) is 3. The molecule has 2 rings (SSSR count). The van der Waals surface area contributed by atoms with Crippen molar-refractivity contribution in [1.29, 1.82) is 0 Å². The van der Waals surface area contributed by atoms with Gasteiger partial charge >= 0.3 is 5.97 Å². The topological polar surface area (TPSA) is 97.1 Å². The van der Waals surface area contributed by atoms with Gasteiger partial charge in [-0.25, -0.2) is 9.48 Å². The maximum Gasteiger partial charge on any atom is 0.358 e. The number of rotatable bonds is 7. The van der Waals surface area contributed by atoms with E-state index in [-0.39, 0.29) is 24.2 Å². The van der Waals surface area contributed by atoms with E-state index in [0.29, 0.717) is 10.9 Å². The van der Waals surface area contributed by atoms with E-state index in [0.717, 1.165) is 12.0 Å². The first kappa shape index (κ1) is 17.9. The first-order valence-electron chi connectivity index (χ1n) is 7.53. The second-order valence-electron chi connectivity index (χ2n) is 5.91. The van der Waals surface area contributed by atoms with E-state index in [2.05, 4.69) is 29.5 Å². The molecule has 0 radical (unpaired) electrons. The lowest BCUT2D eigenvalue weighted by Gasteiger charge is -2.21. The van der Waals surface area contributed by atoms with Crippen molar-refractivity contribution in [2.24, 2.45) is 5.92 Å². The number of benzene rings is 1. The molecule has 1 amide bonds. The number of hydrogen-bond acceptors (Lipinski definition) is 4. The normalized spacial score (nSPS) is 12.2. The van der Waals surface area contributed by atoms with Crippen LogP contribution in [-0.4, -0.2) is 32.0 Å². The SMILES string of the molecule is CC(C)CC(NC(=O)Cn1cc(C(=O)O)nn1)c1ccc(Cl)cc1. The van der Waals surface area contributed by atoms with Gasteiger partial charge in [-0.3, -0.25) is 4.79 Å². The third-order valence-electron chi connectivity index (χ3n) is 3.38. The van der Waals surface area contributed by atoms with Gasteiger partial charge < -0.3 is 10.4 Å². The van der Waals surface area contributed by atoms with E-state index in [4.69, 9.17) is 16.7 Å². The van der Waals surface area contributed by atoms with Crippen molar-refractivity contribution in [2.45, 2.75) is 32.9 Å². The molecule has 0 aliphatic carbocycles. The van der Waals surface area contributed by atoms with Crippen molar-refractivity contribution >= 4 is 23.5 Å². The van der Waals surface area contributed by atoms with Gasteiger partial charge in [0.05, 0.1) is 12.2 Å². The number of nitrogens with one attached hydrogen (secondary N) is 1. The van der Waals surface area contributed by atoms with Crippen LogP contribution in [0.4, 0.5) is 0 Å². The molecule has 0 spiro atoms. The molecule has 0 fully saturated rings. The number of carboxylic acids is 1. The minimum absolute atomic E-state index is 0.0948. The molecule has 0 aliphatic rings. The average Bonchev–Trinajstić information content (AvgIpc) is 2.95. The number of hydrogen-bond donors (Lipinski definition) is 2. The Morgan fingerprint density at radius 2 is 1.96 bits per heavy atom. The van der Waals surface area contributed by atoms with Crippen molar-refractivity contribution in [2.75, 3.05) is 0 Å². The largest absolute Gasteiger partial charge is 0.476 e. The molecule has 1 atom stereocenters. The van der Waals surface area contributed by atoms with Crippen molar-refractivity contribution in [1.82, 2.24) is 20.3 Å². The summed E-state index contributed by atoms with van der Waals surface area (Å²) in [5.41, 5.74) is 0.769. The van der Waals surface area contributed by atoms with E-state index in [1.54, 1.807) is 12.1 Å². The van der Waals surface area contributed by atoms with Crippen LogP contribution in [0, 0.1) is 5.92 Å². The van der Waals surface area contributed by atoms with Gasteiger partial charge in [-0.05, 0) is 30.0 Å². The highest BCUT2D eigenvalue weighted by Crippen LogP contribution is 2.23. The molecule has 1 aromatic heterocycles. The van der Waals surface area contributed by atoms with E-state index in [1.165, 1.54) is 10.9 Å². The quantitative estimate of drug-likeness (QED) is 0.799. The number of carbonyl (C=O) groups excluding carboxylic acids is 1. The predicted molar refractivity (Wildman–Crippen MR) is 88.8 cm³/mol. The Hall–Kier alpha value is -2.41. The number of aromatic carboxylic acids is 1. The fourth-order valence-electron chi connectivity index (χ4n) is 2.31. The van der Waals surface area contributed by atoms with Gasteiger partial charge in [-0.1, -0.05) is 42.8 Å². The molecule has 1 heterocycles. The van der Waals surface area contributed by atoms with E-state index >= 15 is 0 Å². The summed E-state index contributed by atoms with van der Waals surface area (Å²) in [6.45, 7) is 4.06. The minimum atomic E-state index is -1.18. The van der Waals surface area contributed by atoms with Crippen LogP contribution in [0.15, 0.2) is 30.5 Å². The Labute approximate surface area is 144 Å². The van der Waals surface area contributed by atoms with Crippen LogP contribution in [0.3, 0.4) is 0 Å². The molecule has 2 N–H and O–H groups in total. The molecule has 0 saturated carbocycles. The second-order valence-corrected chi connectivity index (χ2v) is 6.34. The monoisotopic (exact) mass is 350 g/mol. The average molecular weight is 351 g/mol. The first-order valence-corrected chi connectivity index (χ1v) is 7.91. The van der Waals surface area contributed by atoms with Crippen LogP contribution >= 0.6 is 11.6 Å². The van der Waals surface area contributed by atoms with Crippen LogP contribution < -0.4 is 5.32 Å². The molecular formula is C16H19ClN4O3. The second kappa shape index (κ2) is 7.92. The van der Waals surface area contributed by atoms with Gasteiger partial charge in [0.15, 0.2) is 5.69 Å². The van der Waals surface area contributed by atoms with Crippen LogP contribution in [-0.2, 0) is 11.3 Å². The predicted octanol–water partition coefficient (Wildman–Crippen LogP) is 2.53. The summed E-state index contributed by atoms with van der Waals surface area (Å²) in [4.78, 5) is 23.0. The molecule has 1 unspecified atom stereocenters. The molecule has 128 valence electrons. The molecule has 0 aliphatic heterocycles. The molecule has 8 heteroatoms. The highest BCUT2D eigenvalue weighted by molar-refractivity contribution is 6.30. The van der Waals surface area contributed by atoms with Crippen LogP contribution in [0.1, 0.15) is 42.4 Å². The number of carboxylic acid groups (broad SMARTS) is 1. The standard InChI is InChI=1S/C16H19ClN4O3/c1-10(2)7-13(11-3-5-12(17)6-4-11)18-15(22)9-21-8-14(16(23)24)19-20-21/h3-6,8,10,13H,7,9H2,1-2H3,(H,18,22)(H,23,24). The summed E-state index contributed by atoms with van der Waals surface area (Å²) >= 11 is 5.91. The van der Waals surface area contributed by atoms with Gasteiger partial charge in [0, 0.05) is 5.02 Å². The van der Waals surface area contributed by atoms with Gasteiger partial charge in [0.2, 0.25) is 5.91 Å². The zero-order valence-corrected chi connectivity index (χ0v) is 14.2. The Morgan fingerprint density at radius 3 is 2.50 bits per heavy atom. The smallest absolute Gasteiger partial charge is 0.358 e. The van der Waals surface area contributed by atoms with E-state index < -0.39 is 5.97 Å². The maximum absolute atomic E-state index is 12.3. The Bertz CT molecular complexity index is 712. The zero-order chi connectivity index (χ0) is 17.7. The highest BCUT2D eigenvalue weighted by Gasteiger charge is 2.17. The number of halogens is 1. The lowest BCUT2D eigenvalue weighted by Crippen LogP contribution is -2.32. The summed E-state index contributed by atoms with van der Waals surface area (Å²) < 4.78 is 1.20. The highest BCUT2D eigenvalue weighted by atomic mass is 35.5. The Balaban J connectivity index is 2.06. The van der Waals surface area contributed by atoms with E-state index in [1.807, 2.05) is 12.1 Å². The molecule has 1 aromatic carbocycles. The lowest BCUT2D eigenvalue weighted by atomic mass is 9.97. The molecule has 7 nitrogen and oxygen atoms in total. The Morgan fingerprint density at radius 1 is 1.29 bits per heavy atom. The number of aromatic nitrogens is 3. The minimum Gasteiger partial charge on any atom is -0.476 e. The summed E-state index contributed by atoms with van der Waals surface area (Å²) in [5.74, 6) is -1.06. The van der Waals surface area contributed by atoms with E-state index in [9.17, 15) is 9.59 Å². The van der Waals surface area contributed by atoms with Crippen LogP contribution in [0.5, 0.6) is 0 Å². The van der Waals surface area contributed by atoms with Crippen molar-refractivity contribution in [3.63, 3.8) is 0 Å². The van der Waals surface area contributed by atoms with Crippen molar-refractivity contribution in [3.05, 3.63) is 46.7 Å². The van der Waals surface area contributed by atoms with Crippen LogP contribution in [0.25, 0.3) is 0 Å². The molecule has 24 heavy (non-hydrogen) atoms.